The molecule has 0 aliphatic rings. The van der Waals surface area contributed by atoms with E-state index in [0.29, 0.717) is 0 Å². The molecule has 0 aliphatic carbocycles. The number of hydrogen-bond donors (Lipinski definition) is 0. The standard InChI is InChI=1S/C15H22/c1-6-8-11(2)14(5)15-12(3)9-7-10-13(15)4/h7,9-10H,6,8H2,1-5H3/b14-11-. The minimum absolute atomic E-state index is 1.21. The summed E-state index contributed by atoms with van der Waals surface area (Å²) in [6.07, 6.45) is 2.44. The second-order valence-electron chi connectivity index (χ2n) is 4.42. The number of rotatable bonds is 3. The van der Waals surface area contributed by atoms with E-state index in [1.54, 1.807) is 0 Å². The van der Waals surface area contributed by atoms with Crippen molar-refractivity contribution in [3.05, 3.63) is 40.5 Å². The normalized spacial score (nSPS) is 12.6. The number of aryl methyl sites for hydroxylation is 2. The summed E-state index contributed by atoms with van der Waals surface area (Å²) in [5.74, 6) is 0. The Balaban J connectivity index is 3.21. The van der Waals surface area contributed by atoms with Gasteiger partial charge in [0, 0.05) is 0 Å². The minimum atomic E-state index is 1.21. The van der Waals surface area contributed by atoms with Gasteiger partial charge >= 0.3 is 0 Å². The van der Waals surface area contributed by atoms with E-state index in [1.807, 2.05) is 0 Å². The molecule has 0 bridgehead atoms. The third-order valence-electron chi connectivity index (χ3n) is 3.12. The van der Waals surface area contributed by atoms with E-state index in [1.165, 1.54) is 40.7 Å². The van der Waals surface area contributed by atoms with E-state index in [2.05, 4.69) is 52.8 Å². The summed E-state index contributed by atoms with van der Waals surface area (Å²) in [6, 6.07) is 6.53. The van der Waals surface area contributed by atoms with Crippen LogP contribution in [0.4, 0.5) is 0 Å². The Bertz CT molecular complexity index is 349. The summed E-state index contributed by atoms with van der Waals surface area (Å²) in [5, 5.41) is 0. The van der Waals surface area contributed by atoms with Crippen LogP contribution in [0.5, 0.6) is 0 Å². The summed E-state index contributed by atoms with van der Waals surface area (Å²) in [5.41, 5.74) is 7.22. The van der Waals surface area contributed by atoms with E-state index in [4.69, 9.17) is 0 Å². The third kappa shape index (κ3) is 2.71. The zero-order valence-electron chi connectivity index (χ0n) is 10.6. The van der Waals surface area contributed by atoms with E-state index in [0.717, 1.165) is 0 Å². The molecule has 0 aromatic heterocycles. The average molecular weight is 202 g/mol. The molecule has 0 heterocycles. The van der Waals surface area contributed by atoms with Crippen LogP contribution in [0.25, 0.3) is 5.57 Å². The Kier molecular flexibility index (Phi) is 4.14. The Hall–Kier alpha value is -1.04. The van der Waals surface area contributed by atoms with Crippen molar-refractivity contribution in [3.63, 3.8) is 0 Å². The van der Waals surface area contributed by atoms with Gasteiger partial charge in [0.15, 0.2) is 0 Å². The van der Waals surface area contributed by atoms with Gasteiger partial charge in [0.1, 0.15) is 0 Å². The molecule has 0 aliphatic heterocycles. The van der Waals surface area contributed by atoms with Gasteiger partial charge in [-0.3, -0.25) is 0 Å². The van der Waals surface area contributed by atoms with Crippen LogP contribution in [0.15, 0.2) is 23.8 Å². The number of allylic oxidation sites excluding steroid dienone is 2. The van der Waals surface area contributed by atoms with Crippen molar-refractivity contribution in [1.82, 2.24) is 0 Å². The van der Waals surface area contributed by atoms with Crippen molar-refractivity contribution in [2.75, 3.05) is 0 Å². The van der Waals surface area contributed by atoms with Gasteiger partial charge in [0.2, 0.25) is 0 Å². The third-order valence-corrected chi connectivity index (χ3v) is 3.12. The molecule has 0 saturated carbocycles. The van der Waals surface area contributed by atoms with Crippen LogP contribution in [-0.2, 0) is 0 Å². The maximum Gasteiger partial charge on any atom is -0.0169 e. The van der Waals surface area contributed by atoms with Crippen molar-refractivity contribution >= 4 is 5.57 Å². The maximum atomic E-state index is 2.25. The molecule has 1 aromatic rings. The van der Waals surface area contributed by atoms with Gasteiger partial charge in [-0.15, -0.1) is 0 Å². The van der Waals surface area contributed by atoms with Crippen LogP contribution in [0.2, 0.25) is 0 Å². The summed E-state index contributed by atoms with van der Waals surface area (Å²) >= 11 is 0. The zero-order valence-corrected chi connectivity index (χ0v) is 10.6. The molecule has 1 rings (SSSR count). The Morgan fingerprint density at radius 1 is 1.07 bits per heavy atom. The topological polar surface area (TPSA) is 0 Å². The first-order valence-electron chi connectivity index (χ1n) is 5.80. The minimum Gasteiger partial charge on any atom is -0.0698 e. The van der Waals surface area contributed by atoms with E-state index >= 15 is 0 Å². The molecule has 0 atom stereocenters. The van der Waals surface area contributed by atoms with Crippen molar-refractivity contribution < 1.29 is 0 Å². The highest BCUT2D eigenvalue weighted by molar-refractivity contribution is 5.71. The lowest BCUT2D eigenvalue weighted by Crippen LogP contribution is -1.93. The Morgan fingerprint density at radius 2 is 1.60 bits per heavy atom. The lowest BCUT2D eigenvalue weighted by molar-refractivity contribution is 0.906. The molecule has 0 N–H and O–H groups in total. The molecule has 0 radical (unpaired) electrons. The van der Waals surface area contributed by atoms with Crippen LogP contribution >= 0.6 is 0 Å². The molecule has 15 heavy (non-hydrogen) atoms. The predicted molar refractivity (Wildman–Crippen MR) is 69.1 cm³/mol. The first-order chi connectivity index (χ1) is 7.07. The highest BCUT2D eigenvalue weighted by Crippen LogP contribution is 2.26. The largest absolute Gasteiger partial charge is 0.0698 e. The molecular formula is C15H22. The molecular weight excluding hydrogens is 180 g/mol. The highest BCUT2D eigenvalue weighted by atomic mass is 14.1. The van der Waals surface area contributed by atoms with Crippen molar-refractivity contribution in [2.24, 2.45) is 0 Å². The van der Waals surface area contributed by atoms with Gasteiger partial charge in [-0.05, 0) is 56.4 Å². The summed E-state index contributed by atoms with van der Waals surface area (Å²) in [7, 11) is 0. The molecule has 0 unspecified atom stereocenters. The Labute approximate surface area is 94.0 Å². The fourth-order valence-corrected chi connectivity index (χ4v) is 2.18. The molecule has 0 saturated heterocycles. The van der Waals surface area contributed by atoms with Crippen LogP contribution in [0, 0.1) is 13.8 Å². The van der Waals surface area contributed by atoms with Crippen molar-refractivity contribution in [2.45, 2.75) is 47.5 Å². The predicted octanol–water partition coefficient (Wildman–Crippen LogP) is 4.90. The maximum absolute atomic E-state index is 2.25. The smallest absolute Gasteiger partial charge is 0.0169 e. The molecule has 0 nitrogen and oxygen atoms in total. The monoisotopic (exact) mass is 202 g/mol. The van der Waals surface area contributed by atoms with Gasteiger partial charge in [-0.2, -0.15) is 0 Å². The SMILES string of the molecule is CCC/C(C)=C(/C)c1c(C)cccc1C. The number of benzene rings is 1. The lowest BCUT2D eigenvalue weighted by Gasteiger charge is -2.13. The van der Waals surface area contributed by atoms with E-state index < -0.39 is 0 Å². The van der Waals surface area contributed by atoms with Crippen LogP contribution < -0.4 is 0 Å². The van der Waals surface area contributed by atoms with Crippen LogP contribution in [0.3, 0.4) is 0 Å². The van der Waals surface area contributed by atoms with Gasteiger partial charge < -0.3 is 0 Å². The second-order valence-corrected chi connectivity index (χ2v) is 4.42. The van der Waals surface area contributed by atoms with Crippen molar-refractivity contribution in [1.29, 1.82) is 0 Å². The zero-order chi connectivity index (χ0) is 11.4. The van der Waals surface area contributed by atoms with Gasteiger partial charge in [0.25, 0.3) is 0 Å². The van der Waals surface area contributed by atoms with Gasteiger partial charge in [-0.1, -0.05) is 37.1 Å². The molecule has 0 spiro atoms. The summed E-state index contributed by atoms with van der Waals surface area (Å²) < 4.78 is 0. The second kappa shape index (κ2) is 5.16. The quantitative estimate of drug-likeness (QED) is 0.654. The van der Waals surface area contributed by atoms with Gasteiger partial charge in [0.05, 0.1) is 0 Å². The molecule has 1 aromatic carbocycles. The fraction of sp³-hybridized carbons (Fsp3) is 0.467. The molecule has 0 amide bonds. The fourth-order valence-electron chi connectivity index (χ4n) is 2.18. The lowest BCUT2D eigenvalue weighted by atomic mass is 9.92. The molecule has 0 fully saturated rings. The number of hydrogen-bond acceptors (Lipinski definition) is 0. The van der Waals surface area contributed by atoms with E-state index in [-0.39, 0.29) is 0 Å². The first kappa shape index (κ1) is 12.0. The highest BCUT2D eigenvalue weighted by Gasteiger charge is 2.06. The summed E-state index contributed by atoms with van der Waals surface area (Å²) in [6.45, 7) is 11.1. The van der Waals surface area contributed by atoms with Crippen molar-refractivity contribution in [3.8, 4) is 0 Å². The first-order valence-corrected chi connectivity index (χ1v) is 5.80. The Morgan fingerprint density at radius 3 is 2.07 bits per heavy atom. The van der Waals surface area contributed by atoms with Gasteiger partial charge in [-0.25, -0.2) is 0 Å². The van der Waals surface area contributed by atoms with E-state index in [9.17, 15) is 0 Å². The van der Waals surface area contributed by atoms with Crippen LogP contribution in [0.1, 0.15) is 50.3 Å². The summed E-state index contributed by atoms with van der Waals surface area (Å²) in [4.78, 5) is 0. The molecule has 0 heteroatoms. The van der Waals surface area contributed by atoms with Crippen LogP contribution in [-0.4, -0.2) is 0 Å². The molecule has 82 valence electrons. The average Bonchev–Trinajstić information content (AvgIpc) is 2.17.